The maximum absolute atomic E-state index is 3.60. The third kappa shape index (κ3) is 2.82. The van der Waals surface area contributed by atoms with Crippen LogP contribution in [0.25, 0.3) is 0 Å². The highest BCUT2D eigenvalue weighted by molar-refractivity contribution is 7.12. The summed E-state index contributed by atoms with van der Waals surface area (Å²) in [5.74, 6) is 0. The fourth-order valence-electron chi connectivity index (χ4n) is 3.01. The van der Waals surface area contributed by atoms with E-state index >= 15 is 0 Å². The molecule has 0 saturated heterocycles. The first-order valence-corrected chi connectivity index (χ1v) is 8.33. The van der Waals surface area contributed by atoms with Gasteiger partial charge in [0, 0.05) is 22.8 Å². The van der Waals surface area contributed by atoms with Gasteiger partial charge in [-0.3, -0.25) is 0 Å². The first-order valence-electron chi connectivity index (χ1n) is 7.51. The summed E-state index contributed by atoms with van der Waals surface area (Å²) >= 11 is 2.00. The van der Waals surface area contributed by atoms with Crippen LogP contribution in [0.15, 0.2) is 18.2 Å². The van der Waals surface area contributed by atoms with Crippen molar-refractivity contribution in [2.24, 2.45) is 0 Å². The second-order valence-electron chi connectivity index (χ2n) is 5.98. The molecule has 0 spiro atoms. The third-order valence-electron chi connectivity index (χ3n) is 4.36. The van der Waals surface area contributed by atoms with Crippen LogP contribution in [0.5, 0.6) is 0 Å². The largest absolute Gasteiger partial charge is 0.308 e. The zero-order valence-electron chi connectivity index (χ0n) is 12.7. The molecule has 0 atom stereocenters. The molecule has 0 radical (unpaired) electrons. The average molecular weight is 285 g/mol. The lowest BCUT2D eigenvalue weighted by Crippen LogP contribution is -2.13. The zero-order chi connectivity index (χ0) is 14.1. The number of thiophene rings is 1. The number of fused-ring (bicyclic) bond motifs is 1. The Hall–Kier alpha value is -1.12. The molecule has 1 aromatic carbocycles. The lowest BCUT2D eigenvalue weighted by Gasteiger charge is -2.10. The predicted molar refractivity (Wildman–Crippen MR) is 87.5 cm³/mol. The van der Waals surface area contributed by atoms with Crippen LogP contribution in [0.2, 0.25) is 0 Å². The van der Waals surface area contributed by atoms with Crippen molar-refractivity contribution in [2.75, 3.05) is 0 Å². The maximum atomic E-state index is 3.60. The molecule has 2 heteroatoms. The Kier molecular flexibility index (Phi) is 3.95. The summed E-state index contributed by atoms with van der Waals surface area (Å²) in [6.45, 7) is 8.57. The summed E-state index contributed by atoms with van der Waals surface area (Å²) in [7, 11) is 0. The van der Waals surface area contributed by atoms with Gasteiger partial charge in [0.25, 0.3) is 0 Å². The van der Waals surface area contributed by atoms with E-state index in [2.05, 4.69) is 44.3 Å². The van der Waals surface area contributed by atoms with Crippen LogP contribution in [0.3, 0.4) is 0 Å². The van der Waals surface area contributed by atoms with Gasteiger partial charge in [0.1, 0.15) is 0 Å². The van der Waals surface area contributed by atoms with E-state index < -0.39 is 0 Å². The molecule has 0 unspecified atom stereocenters. The molecule has 1 heterocycles. The van der Waals surface area contributed by atoms with Crippen molar-refractivity contribution in [3.63, 3.8) is 0 Å². The van der Waals surface area contributed by atoms with Crippen LogP contribution in [0.4, 0.5) is 0 Å². The van der Waals surface area contributed by atoms with E-state index in [1.165, 1.54) is 46.4 Å². The van der Waals surface area contributed by atoms with E-state index in [4.69, 9.17) is 0 Å². The minimum atomic E-state index is 0.968. The minimum Gasteiger partial charge on any atom is -0.308 e. The molecule has 106 valence electrons. The zero-order valence-corrected chi connectivity index (χ0v) is 13.5. The Morgan fingerprint density at radius 3 is 2.55 bits per heavy atom. The van der Waals surface area contributed by atoms with Gasteiger partial charge in [-0.2, -0.15) is 0 Å². The van der Waals surface area contributed by atoms with Crippen LogP contribution in [-0.2, 0) is 25.9 Å². The topological polar surface area (TPSA) is 12.0 Å². The molecule has 2 aromatic rings. The number of rotatable bonds is 4. The molecule has 20 heavy (non-hydrogen) atoms. The van der Waals surface area contributed by atoms with Crippen LogP contribution in [-0.4, -0.2) is 0 Å². The maximum Gasteiger partial charge on any atom is 0.0303 e. The van der Waals surface area contributed by atoms with Gasteiger partial charge in [-0.05, 0) is 73.9 Å². The normalized spacial score (nSPS) is 13.8. The van der Waals surface area contributed by atoms with E-state index in [1.54, 1.807) is 10.4 Å². The van der Waals surface area contributed by atoms with Crippen molar-refractivity contribution in [2.45, 2.75) is 53.1 Å². The Bertz CT molecular complexity index is 603. The van der Waals surface area contributed by atoms with Crippen molar-refractivity contribution in [3.8, 4) is 0 Å². The number of hydrogen-bond donors (Lipinski definition) is 1. The standard InChI is InChI=1S/C18H23NS/c1-12-7-14(3)16(8-13(12)2)10-19-11-17-9-15-5-4-6-18(15)20-17/h7-9,19H,4-6,10-11H2,1-3H3. The summed E-state index contributed by atoms with van der Waals surface area (Å²) in [6.07, 6.45) is 3.95. The highest BCUT2D eigenvalue weighted by atomic mass is 32.1. The van der Waals surface area contributed by atoms with E-state index in [0.29, 0.717) is 0 Å². The molecule has 0 saturated carbocycles. The fraction of sp³-hybridized carbons (Fsp3) is 0.444. The van der Waals surface area contributed by atoms with Gasteiger partial charge in [-0.15, -0.1) is 11.3 Å². The van der Waals surface area contributed by atoms with E-state index in [1.807, 2.05) is 11.3 Å². The molecular weight excluding hydrogens is 262 g/mol. The van der Waals surface area contributed by atoms with Gasteiger partial charge in [0.05, 0.1) is 0 Å². The number of benzene rings is 1. The van der Waals surface area contributed by atoms with Gasteiger partial charge >= 0.3 is 0 Å². The molecule has 1 N–H and O–H groups in total. The summed E-state index contributed by atoms with van der Waals surface area (Å²) < 4.78 is 0. The molecule has 3 rings (SSSR count). The van der Waals surface area contributed by atoms with Crippen molar-refractivity contribution in [1.29, 1.82) is 0 Å². The van der Waals surface area contributed by atoms with Gasteiger partial charge in [0.15, 0.2) is 0 Å². The highest BCUT2D eigenvalue weighted by Gasteiger charge is 2.14. The highest BCUT2D eigenvalue weighted by Crippen LogP contribution is 2.30. The molecular formula is C18H23NS. The van der Waals surface area contributed by atoms with E-state index in [9.17, 15) is 0 Å². The molecule has 1 aliphatic carbocycles. The molecule has 0 fully saturated rings. The minimum absolute atomic E-state index is 0.968. The van der Waals surface area contributed by atoms with Crippen LogP contribution < -0.4 is 5.32 Å². The molecule has 0 aliphatic heterocycles. The van der Waals surface area contributed by atoms with Gasteiger partial charge in [0.2, 0.25) is 0 Å². The van der Waals surface area contributed by atoms with Crippen molar-refractivity contribution < 1.29 is 0 Å². The third-order valence-corrected chi connectivity index (χ3v) is 5.60. The van der Waals surface area contributed by atoms with E-state index in [-0.39, 0.29) is 0 Å². The second kappa shape index (κ2) is 5.71. The number of nitrogens with one attached hydrogen (secondary N) is 1. The average Bonchev–Trinajstić information content (AvgIpc) is 2.96. The molecule has 1 aliphatic rings. The summed E-state index contributed by atoms with van der Waals surface area (Å²) in [6, 6.07) is 7.03. The number of hydrogen-bond acceptors (Lipinski definition) is 2. The summed E-state index contributed by atoms with van der Waals surface area (Å²) in [5.41, 5.74) is 7.21. The van der Waals surface area contributed by atoms with Crippen LogP contribution in [0.1, 0.15) is 44.0 Å². The Balaban J connectivity index is 1.61. The van der Waals surface area contributed by atoms with Crippen molar-refractivity contribution >= 4 is 11.3 Å². The lowest BCUT2D eigenvalue weighted by molar-refractivity contribution is 0.697. The van der Waals surface area contributed by atoms with Gasteiger partial charge in [-0.1, -0.05) is 12.1 Å². The molecule has 1 nitrogen and oxygen atoms in total. The van der Waals surface area contributed by atoms with E-state index in [0.717, 1.165) is 13.1 Å². The first kappa shape index (κ1) is 13.8. The molecule has 0 bridgehead atoms. The summed E-state index contributed by atoms with van der Waals surface area (Å²) in [4.78, 5) is 3.13. The Morgan fingerprint density at radius 1 is 0.950 bits per heavy atom. The SMILES string of the molecule is Cc1cc(C)c(CNCc2cc3c(s2)CCC3)cc1C. The van der Waals surface area contributed by atoms with Gasteiger partial charge in [-0.25, -0.2) is 0 Å². The van der Waals surface area contributed by atoms with Gasteiger partial charge < -0.3 is 5.32 Å². The summed E-state index contributed by atoms with van der Waals surface area (Å²) in [5, 5.41) is 3.60. The monoisotopic (exact) mass is 285 g/mol. The molecule has 1 aromatic heterocycles. The fourth-order valence-corrected chi connectivity index (χ4v) is 4.24. The van der Waals surface area contributed by atoms with Crippen molar-refractivity contribution in [1.82, 2.24) is 5.32 Å². The Labute approximate surface area is 126 Å². The molecule has 0 amide bonds. The first-order chi connectivity index (χ1) is 9.63. The lowest BCUT2D eigenvalue weighted by atomic mass is 10.0. The number of aryl methyl sites for hydroxylation is 5. The predicted octanol–water partition coefficient (Wildman–Crippen LogP) is 4.45. The van der Waals surface area contributed by atoms with Crippen molar-refractivity contribution in [3.05, 3.63) is 55.8 Å². The quantitative estimate of drug-likeness (QED) is 0.875. The second-order valence-corrected chi connectivity index (χ2v) is 7.20. The Morgan fingerprint density at radius 2 is 1.75 bits per heavy atom. The van der Waals surface area contributed by atoms with Crippen LogP contribution in [0, 0.1) is 20.8 Å². The smallest absolute Gasteiger partial charge is 0.0303 e. The van der Waals surface area contributed by atoms with Crippen LogP contribution >= 0.6 is 11.3 Å².